The fraction of sp³-hybridized carbons (Fsp3) is 0.385. The van der Waals surface area contributed by atoms with Gasteiger partial charge in [-0.2, -0.15) is 11.8 Å². The number of rotatable bonds is 5. The lowest BCUT2D eigenvalue weighted by molar-refractivity contribution is -0.114. The molecule has 4 nitrogen and oxygen atoms in total. The molecule has 0 atom stereocenters. The summed E-state index contributed by atoms with van der Waals surface area (Å²) in [5, 5.41) is 2.75. The zero-order valence-electron chi connectivity index (χ0n) is 10.8. The molecule has 1 rings (SSSR count). The molecule has 0 bridgehead atoms. The Balaban J connectivity index is 3.02. The van der Waals surface area contributed by atoms with E-state index >= 15 is 0 Å². The number of anilines is 1. The maximum Gasteiger partial charge on any atom is 0.338 e. The molecule has 0 aliphatic carbocycles. The molecular formula is C13H17NO3S. The van der Waals surface area contributed by atoms with Gasteiger partial charge in [0.2, 0.25) is 5.91 Å². The average Bonchev–Trinajstić information content (AvgIpc) is 2.31. The number of hydrogen-bond acceptors (Lipinski definition) is 4. The van der Waals surface area contributed by atoms with E-state index in [0.717, 1.165) is 17.0 Å². The molecule has 0 unspecified atom stereocenters. The molecule has 18 heavy (non-hydrogen) atoms. The first-order valence-electron chi connectivity index (χ1n) is 5.65. The highest BCUT2D eigenvalue weighted by Gasteiger charge is 2.10. The maximum atomic E-state index is 11.6. The molecule has 0 saturated carbocycles. The van der Waals surface area contributed by atoms with Crippen LogP contribution in [-0.4, -0.2) is 24.7 Å². The summed E-state index contributed by atoms with van der Waals surface area (Å²) in [5.74, 6) is 0.263. The van der Waals surface area contributed by atoms with Crippen LogP contribution in [0.2, 0.25) is 0 Å². The van der Waals surface area contributed by atoms with Crippen LogP contribution >= 0.6 is 11.8 Å². The SMILES string of the molecule is CCOC(=O)c1ccc(NC(C)=O)c(CSC)c1. The Bertz CT molecular complexity index is 446. The fourth-order valence-corrected chi connectivity index (χ4v) is 2.07. The van der Waals surface area contributed by atoms with Crippen LogP contribution in [-0.2, 0) is 15.3 Å². The van der Waals surface area contributed by atoms with Gasteiger partial charge in [0.25, 0.3) is 0 Å². The molecule has 1 N–H and O–H groups in total. The summed E-state index contributed by atoms with van der Waals surface area (Å²) in [6, 6.07) is 5.16. The van der Waals surface area contributed by atoms with Crippen LogP contribution in [0.1, 0.15) is 29.8 Å². The highest BCUT2D eigenvalue weighted by atomic mass is 32.2. The molecule has 0 heterocycles. The maximum absolute atomic E-state index is 11.6. The molecule has 1 aromatic carbocycles. The Labute approximate surface area is 111 Å². The second kappa shape index (κ2) is 7.06. The molecule has 0 aliphatic heterocycles. The van der Waals surface area contributed by atoms with Crippen molar-refractivity contribution in [3.8, 4) is 0 Å². The third-order valence-corrected chi connectivity index (χ3v) is 2.83. The molecular weight excluding hydrogens is 250 g/mol. The van der Waals surface area contributed by atoms with Gasteiger partial charge in [0, 0.05) is 18.4 Å². The largest absolute Gasteiger partial charge is 0.462 e. The standard InChI is InChI=1S/C13H17NO3S/c1-4-17-13(16)10-5-6-12(14-9(2)15)11(7-10)8-18-3/h5-7H,4,8H2,1-3H3,(H,14,15). The predicted molar refractivity (Wildman–Crippen MR) is 73.9 cm³/mol. The topological polar surface area (TPSA) is 55.4 Å². The molecule has 0 radical (unpaired) electrons. The Morgan fingerprint density at radius 1 is 1.39 bits per heavy atom. The molecule has 5 heteroatoms. The number of nitrogens with one attached hydrogen (secondary N) is 1. The van der Waals surface area contributed by atoms with Crippen LogP contribution < -0.4 is 5.32 Å². The van der Waals surface area contributed by atoms with Gasteiger partial charge < -0.3 is 10.1 Å². The van der Waals surface area contributed by atoms with Crippen LogP contribution in [0.25, 0.3) is 0 Å². The van der Waals surface area contributed by atoms with E-state index in [2.05, 4.69) is 5.32 Å². The third-order valence-electron chi connectivity index (χ3n) is 2.23. The minimum absolute atomic E-state index is 0.124. The van der Waals surface area contributed by atoms with E-state index in [4.69, 9.17) is 4.74 Å². The molecule has 98 valence electrons. The fourth-order valence-electron chi connectivity index (χ4n) is 1.52. The average molecular weight is 267 g/mol. The van der Waals surface area contributed by atoms with E-state index in [1.165, 1.54) is 6.92 Å². The van der Waals surface area contributed by atoms with E-state index in [0.29, 0.717) is 12.2 Å². The third kappa shape index (κ3) is 4.07. The molecule has 1 aromatic rings. The van der Waals surface area contributed by atoms with E-state index in [-0.39, 0.29) is 11.9 Å². The summed E-state index contributed by atoms with van der Waals surface area (Å²) in [6.45, 7) is 3.58. The lowest BCUT2D eigenvalue weighted by Gasteiger charge is -2.11. The van der Waals surface area contributed by atoms with Gasteiger partial charge >= 0.3 is 5.97 Å². The highest BCUT2D eigenvalue weighted by Crippen LogP contribution is 2.22. The van der Waals surface area contributed by atoms with Crippen LogP contribution in [0.3, 0.4) is 0 Å². The Hall–Kier alpha value is -1.49. The summed E-state index contributed by atoms with van der Waals surface area (Å²) < 4.78 is 4.95. The quantitative estimate of drug-likeness (QED) is 0.833. The second-order valence-corrected chi connectivity index (χ2v) is 4.57. The Kier molecular flexibility index (Phi) is 5.71. The van der Waals surface area contributed by atoms with Crippen molar-refractivity contribution in [1.82, 2.24) is 0 Å². The first kappa shape index (κ1) is 14.6. The summed E-state index contributed by atoms with van der Waals surface area (Å²) >= 11 is 1.63. The molecule has 0 aromatic heterocycles. The Morgan fingerprint density at radius 2 is 2.11 bits per heavy atom. The number of amides is 1. The first-order chi connectivity index (χ1) is 8.58. The minimum atomic E-state index is -0.339. The molecule has 0 fully saturated rings. The van der Waals surface area contributed by atoms with Crippen molar-refractivity contribution in [2.45, 2.75) is 19.6 Å². The number of hydrogen-bond donors (Lipinski definition) is 1. The molecule has 0 saturated heterocycles. The number of thioether (sulfide) groups is 1. The summed E-state index contributed by atoms with van der Waals surface area (Å²) in [7, 11) is 0. The van der Waals surface area contributed by atoms with E-state index in [1.807, 2.05) is 6.26 Å². The van der Waals surface area contributed by atoms with Crippen molar-refractivity contribution in [2.75, 3.05) is 18.2 Å². The van der Waals surface area contributed by atoms with Crippen molar-refractivity contribution >= 4 is 29.3 Å². The van der Waals surface area contributed by atoms with Crippen LogP contribution in [0.15, 0.2) is 18.2 Å². The predicted octanol–water partition coefficient (Wildman–Crippen LogP) is 2.68. The zero-order chi connectivity index (χ0) is 13.5. The normalized spacial score (nSPS) is 9.94. The monoisotopic (exact) mass is 267 g/mol. The molecule has 1 amide bonds. The summed E-state index contributed by atoms with van der Waals surface area (Å²) in [6.07, 6.45) is 1.97. The number of carbonyl (C=O) groups excluding carboxylic acids is 2. The van der Waals surface area contributed by atoms with Gasteiger partial charge in [-0.15, -0.1) is 0 Å². The molecule has 0 spiro atoms. The van der Waals surface area contributed by atoms with Gasteiger partial charge in [-0.1, -0.05) is 0 Å². The van der Waals surface area contributed by atoms with E-state index in [1.54, 1.807) is 36.9 Å². The van der Waals surface area contributed by atoms with Gasteiger partial charge in [-0.25, -0.2) is 4.79 Å². The lowest BCUT2D eigenvalue weighted by atomic mass is 10.1. The van der Waals surface area contributed by atoms with Crippen LogP contribution in [0.4, 0.5) is 5.69 Å². The van der Waals surface area contributed by atoms with Gasteiger partial charge in [0.15, 0.2) is 0 Å². The summed E-state index contributed by atoms with van der Waals surface area (Å²) in [5.41, 5.74) is 2.17. The van der Waals surface area contributed by atoms with Crippen molar-refractivity contribution in [1.29, 1.82) is 0 Å². The summed E-state index contributed by atoms with van der Waals surface area (Å²) in [4.78, 5) is 22.7. The van der Waals surface area contributed by atoms with Crippen molar-refractivity contribution < 1.29 is 14.3 Å². The lowest BCUT2D eigenvalue weighted by Crippen LogP contribution is -2.10. The van der Waals surface area contributed by atoms with Gasteiger partial charge in [-0.05, 0) is 36.9 Å². The van der Waals surface area contributed by atoms with Crippen LogP contribution in [0, 0.1) is 0 Å². The van der Waals surface area contributed by atoms with Gasteiger partial charge in [0.1, 0.15) is 0 Å². The van der Waals surface area contributed by atoms with E-state index in [9.17, 15) is 9.59 Å². The zero-order valence-corrected chi connectivity index (χ0v) is 11.6. The van der Waals surface area contributed by atoms with E-state index < -0.39 is 0 Å². The van der Waals surface area contributed by atoms with Crippen molar-refractivity contribution in [3.05, 3.63) is 29.3 Å². The van der Waals surface area contributed by atoms with Gasteiger partial charge in [-0.3, -0.25) is 4.79 Å². The van der Waals surface area contributed by atoms with Crippen molar-refractivity contribution in [2.24, 2.45) is 0 Å². The van der Waals surface area contributed by atoms with Gasteiger partial charge in [0.05, 0.1) is 12.2 Å². The number of benzene rings is 1. The molecule has 0 aliphatic rings. The Morgan fingerprint density at radius 3 is 2.67 bits per heavy atom. The van der Waals surface area contributed by atoms with Crippen LogP contribution in [0.5, 0.6) is 0 Å². The first-order valence-corrected chi connectivity index (χ1v) is 7.04. The number of esters is 1. The minimum Gasteiger partial charge on any atom is -0.462 e. The highest BCUT2D eigenvalue weighted by molar-refractivity contribution is 7.97. The smallest absolute Gasteiger partial charge is 0.338 e. The second-order valence-electron chi connectivity index (χ2n) is 3.71. The number of carbonyl (C=O) groups is 2. The number of ether oxygens (including phenoxy) is 1. The van der Waals surface area contributed by atoms with Crippen molar-refractivity contribution in [3.63, 3.8) is 0 Å².